The monoisotopic (exact) mass is 927 g/mol. The van der Waals surface area contributed by atoms with Crippen LogP contribution in [0.3, 0.4) is 0 Å². The summed E-state index contributed by atoms with van der Waals surface area (Å²) in [7, 11) is 0. The maximum absolute atomic E-state index is 12.8. The fourth-order valence-corrected chi connectivity index (χ4v) is 6.97. The van der Waals surface area contributed by atoms with Crippen molar-refractivity contribution >= 4 is 17.9 Å². The van der Waals surface area contributed by atoms with Crippen molar-refractivity contribution in [2.24, 2.45) is 0 Å². The van der Waals surface area contributed by atoms with Gasteiger partial charge in [0.05, 0.1) is 0 Å². The first-order valence-corrected chi connectivity index (χ1v) is 27.0. The second-order valence-corrected chi connectivity index (χ2v) is 17.4. The van der Waals surface area contributed by atoms with E-state index in [-0.39, 0.29) is 37.5 Å². The summed E-state index contributed by atoms with van der Waals surface area (Å²) in [5.74, 6) is -1.01. The van der Waals surface area contributed by atoms with Crippen LogP contribution in [0.15, 0.2) is 122 Å². The third-order valence-corrected chi connectivity index (χ3v) is 11.0. The van der Waals surface area contributed by atoms with E-state index in [0.717, 1.165) is 116 Å². The molecule has 0 saturated carbocycles. The molecule has 0 bridgehead atoms. The molecular weight excluding hydrogens is 829 g/mol. The van der Waals surface area contributed by atoms with Crippen LogP contribution in [-0.2, 0) is 28.6 Å². The fraction of sp³-hybridized carbons (Fsp3) is 0.623. The van der Waals surface area contributed by atoms with Gasteiger partial charge < -0.3 is 14.2 Å². The van der Waals surface area contributed by atoms with Crippen molar-refractivity contribution in [3.63, 3.8) is 0 Å². The molecule has 0 heterocycles. The Morgan fingerprint density at radius 3 is 0.955 bits per heavy atom. The highest BCUT2D eigenvalue weighted by atomic mass is 16.6. The molecule has 1 atom stereocenters. The van der Waals surface area contributed by atoms with Gasteiger partial charge >= 0.3 is 17.9 Å². The molecule has 0 aromatic carbocycles. The summed E-state index contributed by atoms with van der Waals surface area (Å²) in [6, 6.07) is 0. The van der Waals surface area contributed by atoms with Crippen molar-refractivity contribution in [2.45, 2.75) is 232 Å². The summed E-state index contributed by atoms with van der Waals surface area (Å²) in [5, 5.41) is 0. The van der Waals surface area contributed by atoms with Gasteiger partial charge in [0.25, 0.3) is 0 Å². The van der Waals surface area contributed by atoms with E-state index in [0.29, 0.717) is 19.3 Å². The van der Waals surface area contributed by atoms with Gasteiger partial charge in [0.15, 0.2) is 6.10 Å². The number of ether oxygens (including phenoxy) is 3. The largest absolute Gasteiger partial charge is 0.462 e. The van der Waals surface area contributed by atoms with Gasteiger partial charge in [-0.05, 0) is 103 Å². The van der Waals surface area contributed by atoms with E-state index in [1.807, 2.05) is 0 Å². The van der Waals surface area contributed by atoms with E-state index in [4.69, 9.17) is 14.2 Å². The highest BCUT2D eigenvalue weighted by Gasteiger charge is 2.19. The molecule has 6 nitrogen and oxygen atoms in total. The van der Waals surface area contributed by atoms with E-state index >= 15 is 0 Å². The minimum atomic E-state index is -0.823. The lowest BCUT2D eigenvalue weighted by Gasteiger charge is -2.18. The molecule has 0 rings (SSSR count). The molecule has 0 aromatic heterocycles. The van der Waals surface area contributed by atoms with Crippen LogP contribution in [0.4, 0.5) is 0 Å². The average Bonchev–Trinajstić information content (AvgIpc) is 3.33. The van der Waals surface area contributed by atoms with Gasteiger partial charge in [-0.25, -0.2) is 0 Å². The third-order valence-electron chi connectivity index (χ3n) is 11.0. The molecule has 0 aromatic rings. The van der Waals surface area contributed by atoms with Crippen molar-refractivity contribution in [1.82, 2.24) is 0 Å². The number of unbranched alkanes of at least 4 members (excludes halogenated alkanes) is 16. The molecule has 0 amide bonds. The molecule has 0 N–H and O–H groups in total. The molecule has 0 fully saturated rings. The Hall–Kier alpha value is -4.19. The standard InChI is InChI=1S/C61H98O6/c1-4-7-10-13-16-19-22-25-27-29-30-32-33-36-39-42-45-48-51-54-60(63)66-57-58(56-65-59(62)53-50-47-44-41-38-35-24-21-18-15-12-9-6-3)67-61(64)55-52-49-46-43-40-37-34-31-28-26-23-20-17-14-11-8-5-2/h7-8,10-11,16-17,19-20,25-28,30,32,34,36-37,39,43,46,58H,4-6,9,12-15,18,21-24,29,31,33,35,38,40-42,44-45,47-57H2,1-3H3/b10-7+,11-8+,19-16+,20-17+,27-25+,28-26+,32-30+,37-34+,39-36+,46-43+/t58-/m1/s1. The van der Waals surface area contributed by atoms with Crippen LogP contribution in [-0.4, -0.2) is 37.2 Å². The first kappa shape index (κ1) is 62.8. The van der Waals surface area contributed by atoms with E-state index in [9.17, 15) is 14.4 Å². The molecule has 67 heavy (non-hydrogen) atoms. The zero-order chi connectivity index (χ0) is 48.6. The van der Waals surface area contributed by atoms with Crippen molar-refractivity contribution in [3.05, 3.63) is 122 Å². The maximum atomic E-state index is 12.8. The van der Waals surface area contributed by atoms with Crippen LogP contribution < -0.4 is 0 Å². The number of rotatable bonds is 47. The smallest absolute Gasteiger partial charge is 0.306 e. The Bertz CT molecular complexity index is 1440. The lowest BCUT2D eigenvalue weighted by molar-refractivity contribution is -0.167. The number of carbonyl (C=O) groups excluding carboxylic acids is 3. The summed E-state index contributed by atoms with van der Waals surface area (Å²) in [6.07, 6.45) is 74.7. The fourth-order valence-electron chi connectivity index (χ4n) is 6.97. The van der Waals surface area contributed by atoms with Crippen molar-refractivity contribution in [2.75, 3.05) is 13.2 Å². The maximum Gasteiger partial charge on any atom is 0.306 e. The summed E-state index contributed by atoms with van der Waals surface area (Å²) in [6.45, 7) is 6.32. The van der Waals surface area contributed by atoms with E-state index in [2.05, 4.69) is 142 Å². The van der Waals surface area contributed by atoms with E-state index < -0.39 is 6.10 Å². The lowest BCUT2D eigenvalue weighted by Crippen LogP contribution is -2.30. The SMILES string of the molecule is CC/C=C/C/C=C/C/C=C/C/C=C/C/C=C/CCCCCC(=O)OC[C@@H](COC(=O)CCCCCCCCCCCCCCC)OC(=O)CCC/C=C/C/C=C/C/C=C/C/C=C/C/C=C/CC. The molecular formula is C61H98O6. The second kappa shape index (κ2) is 54.4. The summed E-state index contributed by atoms with van der Waals surface area (Å²) in [4.78, 5) is 38.0. The Morgan fingerprint density at radius 2 is 0.597 bits per heavy atom. The normalized spacial score (nSPS) is 13.1. The molecule has 0 aliphatic rings. The number of hydrogen-bond donors (Lipinski definition) is 0. The van der Waals surface area contributed by atoms with E-state index in [1.165, 1.54) is 64.2 Å². The predicted octanol–water partition coefficient (Wildman–Crippen LogP) is 18.1. The first-order chi connectivity index (χ1) is 33.0. The van der Waals surface area contributed by atoms with Crippen molar-refractivity contribution in [3.8, 4) is 0 Å². The van der Waals surface area contributed by atoms with Gasteiger partial charge in [0, 0.05) is 19.3 Å². The summed E-state index contributed by atoms with van der Waals surface area (Å²) in [5.41, 5.74) is 0. The number of hydrogen-bond acceptors (Lipinski definition) is 6. The minimum absolute atomic E-state index is 0.113. The molecule has 0 unspecified atom stereocenters. The van der Waals surface area contributed by atoms with Gasteiger partial charge in [-0.1, -0.05) is 226 Å². The zero-order valence-electron chi connectivity index (χ0n) is 43.1. The highest BCUT2D eigenvalue weighted by Crippen LogP contribution is 2.14. The molecule has 0 spiro atoms. The topological polar surface area (TPSA) is 78.9 Å². The van der Waals surface area contributed by atoms with Crippen LogP contribution in [0.1, 0.15) is 226 Å². The summed E-state index contributed by atoms with van der Waals surface area (Å²) >= 11 is 0. The Morgan fingerprint density at radius 1 is 0.313 bits per heavy atom. The quantitative estimate of drug-likeness (QED) is 0.0262. The van der Waals surface area contributed by atoms with Crippen LogP contribution >= 0.6 is 0 Å². The number of carbonyl (C=O) groups is 3. The van der Waals surface area contributed by atoms with Gasteiger partial charge in [-0.15, -0.1) is 0 Å². The second-order valence-electron chi connectivity index (χ2n) is 17.4. The molecule has 6 heteroatoms. The lowest BCUT2D eigenvalue weighted by atomic mass is 10.0. The van der Waals surface area contributed by atoms with Crippen molar-refractivity contribution in [1.29, 1.82) is 0 Å². The molecule has 0 aliphatic heterocycles. The Labute approximate surface area is 412 Å². The number of esters is 3. The van der Waals surface area contributed by atoms with Gasteiger partial charge in [0.2, 0.25) is 0 Å². The van der Waals surface area contributed by atoms with Crippen LogP contribution in [0.2, 0.25) is 0 Å². The highest BCUT2D eigenvalue weighted by molar-refractivity contribution is 5.71. The van der Waals surface area contributed by atoms with Gasteiger partial charge in [0.1, 0.15) is 13.2 Å². The first-order valence-electron chi connectivity index (χ1n) is 27.0. The average molecular weight is 927 g/mol. The van der Waals surface area contributed by atoms with Crippen molar-refractivity contribution < 1.29 is 28.6 Å². The summed E-state index contributed by atoms with van der Waals surface area (Å²) < 4.78 is 16.7. The zero-order valence-corrected chi connectivity index (χ0v) is 43.1. The predicted molar refractivity (Wildman–Crippen MR) is 288 cm³/mol. The van der Waals surface area contributed by atoms with Crippen LogP contribution in [0.25, 0.3) is 0 Å². The Kier molecular flexibility index (Phi) is 51.0. The van der Waals surface area contributed by atoms with Gasteiger partial charge in [-0.2, -0.15) is 0 Å². The molecule has 0 saturated heterocycles. The van der Waals surface area contributed by atoms with E-state index in [1.54, 1.807) is 0 Å². The third kappa shape index (κ3) is 52.6. The van der Waals surface area contributed by atoms with Gasteiger partial charge in [-0.3, -0.25) is 14.4 Å². The number of allylic oxidation sites excluding steroid dienone is 20. The minimum Gasteiger partial charge on any atom is -0.462 e. The molecule has 0 radical (unpaired) electrons. The van der Waals surface area contributed by atoms with Crippen LogP contribution in [0.5, 0.6) is 0 Å². The molecule has 378 valence electrons. The van der Waals surface area contributed by atoms with Crippen LogP contribution in [0, 0.1) is 0 Å². The molecule has 0 aliphatic carbocycles. The Balaban J connectivity index is 4.55.